The van der Waals surface area contributed by atoms with Crippen molar-refractivity contribution in [3.05, 3.63) is 34.3 Å². The van der Waals surface area contributed by atoms with E-state index >= 15 is 0 Å². The smallest absolute Gasteiger partial charge is 0.254 e. The Bertz CT molecular complexity index is 458. The van der Waals surface area contributed by atoms with Crippen LogP contribution in [-0.2, 0) is 4.74 Å². The Labute approximate surface area is 117 Å². The van der Waals surface area contributed by atoms with Crippen molar-refractivity contribution >= 4 is 17.5 Å². The van der Waals surface area contributed by atoms with Crippen LogP contribution in [0.25, 0.3) is 0 Å². The summed E-state index contributed by atoms with van der Waals surface area (Å²) in [5.41, 5.74) is 1.50. The maximum atomic E-state index is 12.5. The maximum Gasteiger partial charge on any atom is 0.254 e. The first-order valence-electron chi connectivity index (χ1n) is 6.27. The number of carbonyl (C=O) groups is 1. The molecule has 0 aromatic heterocycles. The van der Waals surface area contributed by atoms with Crippen molar-refractivity contribution in [2.24, 2.45) is 0 Å². The van der Waals surface area contributed by atoms with Gasteiger partial charge in [0.15, 0.2) is 0 Å². The van der Waals surface area contributed by atoms with Crippen LogP contribution >= 0.6 is 11.6 Å². The van der Waals surface area contributed by atoms with Crippen LogP contribution < -0.4 is 0 Å². The number of hydrogen-bond acceptors (Lipinski definition) is 3. The summed E-state index contributed by atoms with van der Waals surface area (Å²) in [5.74, 6) is -0.107. The first-order valence-corrected chi connectivity index (χ1v) is 6.64. The molecule has 19 heavy (non-hydrogen) atoms. The zero-order valence-electron chi connectivity index (χ0n) is 11.1. The van der Waals surface area contributed by atoms with Crippen molar-refractivity contribution in [2.75, 3.05) is 20.3 Å². The molecular weight excluding hydrogens is 266 g/mol. The third-order valence-electron chi connectivity index (χ3n) is 3.47. The van der Waals surface area contributed by atoms with E-state index in [0.717, 1.165) is 5.56 Å². The van der Waals surface area contributed by atoms with E-state index in [4.69, 9.17) is 16.3 Å². The summed E-state index contributed by atoms with van der Waals surface area (Å²) in [6.45, 7) is 2.35. The van der Waals surface area contributed by atoms with Crippen molar-refractivity contribution < 1.29 is 14.6 Å². The zero-order chi connectivity index (χ0) is 14.0. The summed E-state index contributed by atoms with van der Waals surface area (Å²) in [4.78, 5) is 14.1. The standard InChI is InChI=1S/C14H18ClNO3/c1-9-3-10(5-11(15)4-9)14(18)16-7-13(19-2)6-12(16)8-17/h3-5,12-13,17H,6-8H2,1-2H3/t12-,13-/m0/s1. The third-order valence-corrected chi connectivity index (χ3v) is 3.69. The minimum Gasteiger partial charge on any atom is -0.394 e. The fraction of sp³-hybridized carbons (Fsp3) is 0.500. The molecule has 1 fully saturated rings. The van der Waals surface area contributed by atoms with E-state index in [1.54, 1.807) is 18.1 Å². The van der Waals surface area contributed by atoms with Gasteiger partial charge in [-0.15, -0.1) is 0 Å². The number of carbonyl (C=O) groups excluding carboxylic acids is 1. The largest absolute Gasteiger partial charge is 0.394 e. The summed E-state index contributed by atoms with van der Waals surface area (Å²) in [5, 5.41) is 9.93. The molecule has 104 valence electrons. The number of ether oxygens (including phenoxy) is 1. The monoisotopic (exact) mass is 283 g/mol. The van der Waals surface area contributed by atoms with E-state index in [9.17, 15) is 9.90 Å². The van der Waals surface area contributed by atoms with Gasteiger partial charge in [-0.05, 0) is 37.1 Å². The maximum absolute atomic E-state index is 12.5. The Kier molecular flexibility index (Phi) is 4.45. The lowest BCUT2D eigenvalue weighted by molar-refractivity contribution is 0.0648. The number of likely N-dealkylation sites (tertiary alicyclic amines) is 1. The number of methoxy groups -OCH3 is 1. The highest BCUT2D eigenvalue weighted by Crippen LogP contribution is 2.23. The number of hydrogen-bond donors (Lipinski definition) is 1. The van der Waals surface area contributed by atoms with Crippen LogP contribution in [0.3, 0.4) is 0 Å². The van der Waals surface area contributed by atoms with Gasteiger partial charge in [-0.3, -0.25) is 4.79 Å². The van der Waals surface area contributed by atoms with Gasteiger partial charge in [0.1, 0.15) is 0 Å². The summed E-state index contributed by atoms with van der Waals surface area (Å²) >= 11 is 5.98. The minimum atomic E-state index is -0.184. The van der Waals surface area contributed by atoms with Gasteiger partial charge < -0.3 is 14.7 Å². The number of aliphatic hydroxyl groups is 1. The van der Waals surface area contributed by atoms with Crippen LogP contribution in [0.1, 0.15) is 22.3 Å². The highest BCUT2D eigenvalue weighted by molar-refractivity contribution is 6.31. The molecule has 1 aliphatic rings. The van der Waals surface area contributed by atoms with Crippen LogP contribution in [0.5, 0.6) is 0 Å². The summed E-state index contributed by atoms with van der Waals surface area (Å²) < 4.78 is 5.28. The quantitative estimate of drug-likeness (QED) is 0.921. The van der Waals surface area contributed by atoms with Gasteiger partial charge in [0.05, 0.1) is 18.8 Å². The van der Waals surface area contributed by atoms with E-state index in [2.05, 4.69) is 0 Å². The van der Waals surface area contributed by atoms with E-state index in [0.29, 0.717) is 23.6 Å². The first kappa shape index (κ1) is 14.3. The molecule has 5 heteroatoms. The second-order valence-corrected chi connectivity index (χ2v) is 5.34. The van der Waals surface area contributed by atoms with Crippen molar-refractivity contribution in [1.29, 1.82) is 0 Å². The van der Waals surface area contributed by atoms with Crippen LogP contribution in [0.4, 0.5) is 0 Å². The minimum absolute atomic E-state index is 0.0126. The molecule has 0 unspecified atom stereocenters. The van der Waals surface area contributed by atoms with E-state index in [-0.39, 0.29) is 24.7 Å². The lowest BCUT2D eigenvalue weighted by atomic mass is 10.1. The van der Waals surface area contributed by atoms with Gasteiger partial charge in [-0.1, -0.05) is 11.6 Å². The normalized spacial score (nSPS) is 22.8. The van der Waals surface area contributed by atoms with Crippen molar-refractivity contribution in [3.8, 4) is 0 Å². The van der Waals surface area contributed by atoms with E-state index in [1.807, 2.05) is 19.1 Å². The van der Waals surface area contributed by atoms with Gasteiger partial charge in [-0.25, -0.2) is 0 Å². The van der Waals surface area contributed by atoms with E-state index < -0.39 is 0 Å². The fourth-order valence-electron chi connectivity index (χ4n) is 2.49. The highest BCUT2D eigenvalue weighted by Gasteiger charge is 2.35. The highest BCUT2D eigenvalue weighted by atomic mass is 35.5. The lowest BCUT2D eigenvalue weighted by Crippen LogP contribution is -2.38. The average molecular weight is 284 g/mol. The van der Waals surface area contributed by atoms with Gasteiger partial charge in [0.25, 0.3) is 5.91 Å². The number of amides is 1. The summed E-state index contributed by atoms with van der Waals surface area (Å²) in [6.07, 6.45) is 0.652. The Hall–Kier alpha value is -1.10. The number of nitrogens with zero attached hydrogens (tertiary/aromatic N) is 1. The molecule has 1 heterocycles. The number of rotatable bonds is 3. The van der Waals surface area contributed by atoms with E-state index in [1.165, 1.54) is 0 Å². The fourth-order valence-corrected chi connectivity index (χ4v) is 2.78. The molecule has 1 aliphatic heterocycles. The average Bonchev–Trinajstić information content (AvgIpc) is 2.80. The number of halogens is 1. The number of benzene rings is 1. The summed E-state index contributed by atoms with van der Waals surface area (Å²) in [6, 6.07) is 5.09. The lowest BCUT2D eigenvalue weighted by Gasteiger charge is -2.23. The predicted molar refractivity (Wildman–Crippen MR) is 73.5 cm³/mol. The topological polar surface area (TPSA) is 49.8 Å². The number of aryl methyl sites for hydroxylation is 1. The van der Waals surface area contributed by atoms with Crippen LogP contribution in [0, 0.1) is 6.92 Å². The van der Waals surface area contributed by atoms with Gasteiger partial charge in [-0.2, -0.15) is 0 Å². The molecule has 1 aromatic rings. The van der Waals surface area contributed by atoms with Crippen LogP contribution in [-0.4, -0.2) is 48.3 Å². The molecule has 1 aromatic carbocycles. The zero-order valence-corrected chi connectivity index (χ0v) is 11.9. The van der Waals surface area contributed by atoms with Gasteiger partial charge in [0.2, 0.25) is 0 Å². The third kappa shape index (κ3) is 3.08. The molecule has 0 radical (unpaired) electrons. The number of aliphatic hydroxyl groups excluding tert-OH is 1. The molecule has 0 spiro atoms. The molecule has 0 saturated carbocycles. The molecule has 4 nitrogen and oxygen atoms in total. The SMILES string of the molecule is CO[C@H]1C[C@@H](CO)N(C(=O)c2cc(C)cc(Cl)c2)C1. The second-order valence-electron chi connectivity index (χ2n) is 4.90. The van der Waals surface area contributed by atoms with Crippen molar-refractivity contribution in [3.63, 3.8) is 0 Å². The van der Waals surface area contributed by atoms with Crippen LogP contribution in [0.15, 0.2) is 18.2 Å². The Morgan fingerprint density at radius 3 is 2.84 bits per heavy atom. The molecule has 1 N–H and O–H groups in total. The van der Waals surface area contributed by atoms with Crippen molar-refractivity contribution in [2.45, 2.75) is 25.5 Å². The van der Waals surface area contributed by atoms with Gasteiger partial charge >= 0.3 is 0 Å². The van der Waals surface area contributed by atoms with Crippen LogP contribution in [0.2, 0.25) is 5.02 Å². The Balaban J connectivity index is 2.23. The molecule has 2 atom stereocenters. The molecule has 2 rings (SSSR count). The molecular formula is C14H18ClNO3. The summed E-state index contributed by atoms with van der Waals surface area (Å²) in [7, 11) is 1.62. The van der Waals surface area contributed by atoms with Crippen molar-refractivity contribution in [1.82, 2.24) is 4.90 Å². The predicted octanol–water partition coefficient (Wildman–Crippen LogP) is 1.87. The Morgan fingerprint density at radius 2 is 2.26 bits per heavy atom. The molecule has 0 bridgehead atoms. The molecule has 1 saturated heterocycles. The first-order chi connectivity index (χ1) is 9.05. The molecule has 1 amide bonds. The Morgan fingerprint density at radius 1 is 1.53 bits per heavy atom. The molecule has 0 aliphatic carbocycles. The van der Waals surface area contributed by atoms with Gasteiger partial charge in [0, 0.05) is 24.2 Å². The second kappa shape index (κ2) is 5.90.